The quantitative estimate of drug-likeness (QED) is 0.409. The highest BCUT2D eigenvalue weighted by Gasteiger charge is 2.11. The van der Waals surface area contributed by atoms with Gasteiger partial charge in [0.2, 0.25) is 5.82 Å². The molecule has 0 spiro atoms. The summed E-state index contributed by atoms with van der Waals surface area (Å²) in [6.45, 7) is 1.78. The van der Waals surface area contributed by atoms with E-state index in [2.05, 4.69) is 31.6 Å². The van der Waals surface area contributed by atoms with Gasteiger partial charge in [0, 0.05) is 11.1 Å². The van der Waals surface area contributed by atoms with Gasteiger partial charge in [-0.1, -0.05) is 23.8 Å². The van der Waals surface area contributed by atoms with Crippen molar-refractivity contribution in [2.24, 2.45) is 0 Å². The van der Waals surface area contributed by atoms with Crippen LogP contribution in [-0.2, 0) is 11.3 Å². The molecule has 154 valence electrons. The van der Waals surface area contributed by atoms with Crippen molar-refractivity contribution in [3.8, 4) is 17.1 Å². The summed E-state index contributed by atoms with van der Waals surface area (Å²) in [5.41, 5.74) is 7.09. The summed E-state index contributed by atoms with van der Waals surface area (Å²) in [5.74, 6) is 0.155. The molecule has 0 atom stereocenters. The molecule has 3 rings (SSSR count). The van der Waals surface area contributed by atoms with Gasteiger partial charge in [0.1, 0.15) is 12.3 Å². The molecule has 3 N–H and O–H groups in total. The van der Waals surface area contributed by atoms with Crippen LogP contribution in [0.15, 0.2) is 48.5 Å². The maximum absolute atomic E-state index is 12.1. The number of hydrazine groups is 1. The highest BCUT2D eigenvalue weighted by Crippen LogP contribution is 2.14. The van der Waals surface area contributed by atoms with Crippen LogP contribution >= 0.6 is 12.2 Å². The Kier molecular flexibility index (Phi) is 6.65. The van der Waals surface area contributed by atoms with E-state index in [0.717, 1.165) is 15.9 Å². The number of nitrogens with zero attached hydrogens (tertiary/aromatic N) is 4. The second kappa shape index (κ2) is 9.56. The van der Waals surface area contributed by atoms with Crippen LogP contribution in [0, 0.1) is 6.92 Å². The smallest absolute Gasteiger partial charge is 0.262 e. The standard InChI is InChI=1S/C19H19N7O3S/c1-12-4-3-5-14(10-12)17-22-25-26(24-17)11-16(27)21-23-19(30)20-18(28)13-6-8-15(29-2)9-7-13/h3-10H,11H2,1-2H3,(H,21,27)(H2,20,23,28,30). The molecule has 0 radical (unpaired) electrons. The second-order valence-electron chi connectivity index (χ2n) is 6.20. The Labute approximate surface area is 177 Å². The monoisotopic (exact) mass is 425 g/mol. The van der Waals surface area contributed by atoms with Crippen molar-refractivity contribution in [3.63, 3.8) is 0 Å². The first kappa shape index (κ1) is 20.9. The van der Waals surface area contributed by atoms with E-state index in [0.29, 0.717) is 17.1 Å². The van der Waals surface area contributed by atoms with Gasteiger partial charge in [0.15, 0.2) is 5.11 Å². The van der Waals surface area contributed by atoms with Crippen LogP contribution in [0.4, 0.5) is 0 Å². The summed E-state index contributed by atoms with van der Waals surface area (Å²) >= 11 is 5.01. The van der Waals surface area contributed by atoms with Gasteiger partial charge in [-0.15, -0.1) is 10.2 Å². The van der Waals surface area contributed by atoms with E-state index < -0.39 is 11.8 Å². The highest BCUT2D eigenvalue weighted by molar-refractivity contribution is 7.80. The Balaban J connectivity index is 1.47. The number of aromatic nitrogens is 4. The van der Waals surface area contributed by atoms with Gasteiger partial charge in [0.25, 0.3) is 11.8 Å². The van der Waals surface area contributed by atoms with Crippen molar-refractivity contribution < 1.29 is 14.3 Å². The van der Waals surface area contributed by atoms with Gasteiger partial charge in [-0.3, -0.25) is 25.8 Å². The summed E-state index contributed by atoms with van der Waals surface area (Å²) in [6.07, 6.45) is 0. The van der Waals surface area contributed by atoms with E-state index in [1.54, 1.807) is 24.3 Å². The molecule has 11 heteroatoms. The first-order valence-corrected chi connectivity index (χ1v) is 9.24. The number of hydrogen-bond donors (Lipinski definition) is 3. The topological polar surface area (TPSA) is 123 Å². The van der Waals surface area contributed by atoms with Crippen molar-refractivity contribution in [2.45, 2.75) is 13.5 Å². The van der Waals surface area contributed by atoms with Crippen molar-refractivity contribution in [1.29, 1.82) is 0 Å². The lowest BCUT2D eigenvalue weighted by Gasteiger charge is -2.10. The number of methoxy groups -OCH3 is 1. The lowest BCUT2D eigenvalue weighted by atomic mass is 10.1. The zero-order valence-electron chi connectivity index (χ0n) is 16.2. The third kappa shape index (κ3) is 5.58. The lowest BCUT2D eigenvalue weighted by molar-refractivity contribution is -0.122. The number of carbonyl (C=O) groups excluding carboxylic acids is 2. The van der Waals surface area contributed by atoms with Gasteiger partial charge < -0.3 is 4.74 Å². The van der Waals surface area contributed by atoms with Crippen molar-refractivity contribution in [2.75, 3.05) is 7.11 Å². The number of benzene rings is 2. The Morgan fingerprint density at radius 2 is 1.90 bits per heavy atom. The number of ether oxygens (including phenoxy) is 1. The fourth-order valence-electron chi connectivity index (χ4n) is 2.45. The predicted octanol–water partition coefficient (Wildman–Crippen LogP) is 0.993. The van der Waals surface area contributed by atoms with Crippen LogP contribution in [0.5, 0.6) is 5.75 Å². The minimum atomic E-state index is -0.468. The summed E-state index contributed by atoms with van der Waals surface area (Å²) in [4.78, 5) is 25.3. The Morgan fingerprint density at radius 1 is 1.13 bits per heavy atom. The zero-order valence-corrected chi connectivity index (χ0v) is 17.1. The normalized spacial score (nSPS) is 10.2. The van der Waals surface area contributed by atoms with Crippen LogP contribution in [0.25, 0.3) is 11.4 Å². The van der Waals surface area contributed by atoms with Crippen molar-refractivity contribution >= 4 is 29.1 Å². The number of nitrogens with one attached hydrogen (secondary N) is 3. The average molecular weight is 425 g/mol. The number of rotatable bonds is 5. The SMILES string of the molecule is COc1ccc(C(=O)NC(=S)NNC(=O)Cn2nnc(-c3cccc(C)c3)n2)cc1. The number of hydrogen-bond acceptors (Lipinski definition) is 7. The zero-order chi connectivity index (χ0) is 21.5. The number of aryl methyl sites for hydroxylation is 1. The minimum absolute atomic E-state index is 0.0591. The first-order valence-electron chi connectivity index (χ1n) is 8.83. The van der Waals surface area contributed by atoms with E-state index >= 15 is 0 Å². The van der Waals surface area contributed by atoms with Gasteiger partial charge in [-0.05, 0) is 54.7 Å². The first-order chi connectivity index (χ1) is 14.4. The van der Waals surface area contributed by atoms with Crippen LogP contribution in [0.1, 0.15) is 15.9 Å². The molecule has 2 amide bonds. The molecule has 0 saturated carbocycles. The summed E-state index contributed by atoms with van der Waals surface area (Å²) < 4.78 is 5.04. The van der Waals surface area contributed by atoms with E-state index in [9.17, 15) is 9.59 Å². The number of thiocarbonyl (C=S) groups is 1. The molecule has 0 saturated heterocycles. The lowest BCUT2D eigenvalue weighted by Crippen LogP contribution is -2.49. The molecule has 0 bridgehead atoms. The summed E-state index contributed by atoms with van der Waals surface area (Å²) in [7, 11) is 1.54. The largest absolute Gasteiger partial charge is 0.497 e. The minimum Gasteiger partial charge on any atom is -0.497 e. The molecule has 0 aliphatic rings. The maximum atomic E-state index is 12.1. The van der Waals surface area contributed by atoms with Gasteiger partial charge in [-0.25, -0.2) is 0 Å². The van der Waals surface area contributed by atoms with Gasteiger partial charge >= 0.3 is 0 Å². The maximum Gasteiger partial charge on any atom is 0.262 e. The highest BCUT2D eigenvalue weighted by atomic mass is 32.1. The molecule has 1 aromatic heterocycles. The van der Waals surface area contributed by atoms with Crippen LogP contribution < -0.4 is 20.9 Å². The molecule has 10 nitrogen and oxygen atoms in total. The van der Waals surface area contributed by atoms with Gasteiger partial charge in [0.05, 0.1) is 7.11 Å². The van der Waals surface area contributed by atoms with E-state index in [-0.39, 0.29) is 11.7 Å². The molecule has 2 aromatic carbocycles. The van der Waals surface area contributed by atoms with E-state index in [4.69, 9.17) is 17.0 Å². The second-order valence-corrected chi connectivity index (χ2v) is 6.61. The molecular formula is C19H19N7O3S. The number of tetrazole rings is 1. The molecule has 0 aliphatic carbocycles. The number of amides is 2. The van der Waals surface area contributed by atoms with E-state index in [1.807, 2.05) is 31.2 Å². The van der Waals surface area contributed by atoms with E-state index in [1.165, 1.54) is 7.11 Å². The van der Waals surface area contributed by atoms with Crippen molar-refractivity contribution in [3.05, 3.63) is 59.7 Å². The molecule has 1 heterocycles. The Bertz CT molecular complexity index is 1070. The molecule has 0 fully saturated rings. The molecule has 30 heavy (non-hydrogen) atoms. The van der Waals surface area contributed by atoms with Crippen LogP contribution in [0.3, 0.4) is 0 Å². The fourth-order valence-corrected chi connectivity index (χ4v) is 2.60. The molecule has 0 unspecified atom stereocenters. The third-order valence-electron chi connectivity index (χ3n) is 3.91. The fraction of sp³-hybridized carbons (Fsp3) is 0.158. The predicted molar refractivity (Wildman–Crippen MR) is 112 cm³/mol. The van der Waals surface area contributed by atoms with Crippen molar-refractivity contribution in [1.82, 2.24) is 36.4 Å². The Hall–Kier alpha value is -3.86. The van der Waals surface area contributed by atoms with Crippen LogP contribution in [-0.4, -0.2) is 44.2 Å². The molecule has 0 aliphatic heterocycles. The van der Waals surface area contributed by atoms with Crippen LogP contribution in [0.2, 0.25) is 0 Å². The number of carbonyl (C=O) groups is 2. The summed E-state index contributed by atoms with van der Waals surface area (Å²) in [6, 6.07) is 14.1. The summed E-state index contributed by atoms with van der Waals surface area (Å²) in [5, 5.41) is 14.4. The van der Waals surface area contributed by atoms with Gasteiger partial charge in [-0.2, -0.15) is 4.80 Å². The Morgan fingerprint density at radius 3 is 2.60 bits per heavy atom. The third-order valence-corrected chi connectivity index (χ3v) is 4.11. The molecule has 3 aromatic rings. The molecular weight excluding hydrogens is 406 g/mol. The average Bonchev–Trinajstić information content (AvgIpc) is 3.21.